The van der Waals surface area contributed by atoms with Crippen LogP contribution in [0.1, 0.15) is 0 Å². The van der Waals surface area contributed by atoms with Gasteiger partial charge in [0.05, 0.1) is 19.3 Å². The van der Waals surface area contributed by atoms with Crippen molar-refractivity contribution < 1.29 is 74.2 Å². The maximum atomic E-state index is 10.0. The Bertz CT molecular complexity index is 222. The molecule has 7 nitrogen and oxygen atoms in total. The first-order chi connectivity index (χ1) is 5.95. The fourth-order valence-corrected chi connectivity index (χ4v) is 0.956. The maximum absolute atomic E-state index is 10.0. The van der Waals surface area contributed by atoms with Gasteiger partial charge in [0.15, 0.2) is 10.3 Å². The summed E-state index contributed by atoms with van der Waals surface area (Å²) < 4.78 is 36.5. The molecular weight excluding hydrogens is 239 g/mol. The van der Waals surface area contributed by atoms with Gasteiger partial charge in [0.1, 0.15) is 0 Å². The Morgan fingerprint density at radius 2 is 2.14 bits per heavy atom. The maximum Gasteiger partial charge on any atom is 1.00 e. The van der Waals surface area contributed by atoms with E-state index in [-0.39, 0.29) is 71.1 Å². The van der Waals surface area contributed by atoms with Crippen LogP contribution in [0.2, 0.25) is 0 Å². The molecule has 80 valence electrons. The molecule has 1 unspecified atom stereocenters. The van der Waals surface area contributed by atoms with Crippen molar-refractivity contribution in [1.29, 1.82) is 0 Å². The van der Waals surface area contributed by atoms with Gasteiger partial charge in [-0.3, -0.25) is 0 Å². The summed E-state index contributed by atoms with van der Waals surface area (Å²) in [5.74, 6) is 0. The predicted molar refractivity (Wildman–Crippen MR) is 43.6 cm³/mol. The molecule has 0 fully saturated rings. The van der Waals surface area contributed by atoms with Crippen LogP contribution in [0.4, 0.5) is 0 Å². The molecule has 0 aliphatic rings. The summed E-state index contributed by atoms with van der Waals surface area (Å²) in [6, 6.07) is 0. The molecule has 0 spiro atoms. The van der Waals surface area contributed by atoms with Crippen LogP contribution in [0.25, 0.3) is 0 Å². The average Bonchev–Trinajstić information content (AvgIpc) is 2.00. The third-order valence-corrected chi connectivity index (χ3v) is 1.59. The van der Waals surface area contributed by atoms with Crippen LogP contribution in [-0.2, 0) is 15.0 Å². The van der Waals surface area contributed by atoms with E-state index in [1.54, 1.807) is 4.72 Å². The molecule has 0 radical (unpaired) electrons. The number of hydrogen-bond acceptors (Lipinski definition) is 6. The summed E-state index contributed by atoms with van der Waals surface area (Å²) in [7, 11) is -4.49. The number of nitrogens with two attached hydrogens (primary N) is 1. The quantitative estimate of drug-likeness (QED) is 0.236. The standard InChI is InChI=1S/C5H14N2O5S.K/c6-1-2-12-4-5(8)3-7-13(9,10)11;/h5,7-8H,1-4,6H2,(H,9,10,11);/q;+1/p-1. The van der Waals surface area contributed by atoms with E-state index >= 15 is 0 Å². The van der Waals surface area contributed by atoms with Gasteiger partial charge < -0.3 is 20.1 Å². The minimum absolute atomic E-state index is 0. The molecule has 0 heterocycles. The van der Waals surface area contributed by atoms with Gasteiger partial charge in [-0.2, -0.15) is 0 Å². The summed E-state index contributed by atoms with van der Waals surface area (Å²) in [4.78, 5) is 0. The van der Waals surface area contributed by atoms with Crippen molar-refractivity contribution in [2.45, 2.75) is 6.10 Å². The Labute approximate surface area is 126 Å². The molecule has 14 heavy (non-hydrogen) atoms. The Hall–Kier alpha value is 1.39. The van der Waals surface area contributed by atoms with Crippen molar-refractivity contribution in [2.75, 3.05) is 26.3 Å². The van der Waals surface area contributed by atoms with Crippen LogP contribution in [0.5, 0.6) is 0 Å². The van der Waals surface area contributed by atoms with Gasteiger partial charge in [0, 0.05) is 13.1 Å². The van der Waals surface area contributed by atoms with Crippen LogP contribution in [0, 0.1) is 0 Å². The zero-order chi connectivity index (χ0) is 10.3. The summed E-state index contributed by atoms with van der Waals surface area (Å²) in [5, 5.41) is 9.01. The summed E-state index contributed by atoms with van der Waals surface area (Å²) in [5.41, 5.74) is 5.09. The number of aliphatic hydroxyl groups is 1. The zero-order valence-electron chi connectivity index (χ0n) is 7.97. The molecule has 0 amide bonds. The van der Waals surface area contributed by atoms with E-state index in [1.165, 1.54) is 0 Å². The van der Waals surface area contributed by atoms with E-state index in [0.717, 1.165) is 0 Å². The topological polar surface area (TPSA) is 125 Å². The Kier molecular flexibility index (Phi) is 12.2. The fraction of sp³-hybridized carbons (Fsp3) is 1.00. The molecule has 0 aromatic carbocycles. The minimum Gasteiger partial charge on any atom is -0.735 e. The van der Waals surface area contributed by atoms with Crippen LogP contribution < -0.4 is 61.8 Å². The van der Waals surface area contributed by atoms with Crippen LogP contribution >= 0.6 is 0 Å². The first-order valence-corrected chi connectivity index (χ1v) is 5.03. The van der Waals surface area contributed by atoms with Crippen molar-refractivity contribution in [3.05, 3.63) is 0 Å². The third-order valence-electron chi connectivity index (χ3n) is 1.07. The number of ether oxygens (including phenoxy) is 1. The van der Waals surface area contributed by atoms with E-state index in [2.05, 4.69) is 0 Å². The summed E-state index contributed by atoms with van der Waals surface area (Å²) in [6.07, 6.45) is -1.03. The van der Waals surface area contributed by atoms with Crippen molar-refractivity contribution in [3.8, 4) is 0 Å². The SMILES string of the molecule is NCCOCC(O)CNS(=O)(=O)[O-].[K+]. The zero-order valence-corrected chi connectivity index (χ0v) is 11.9. The van der Waals surface area contributed by atoms with Gasteiger partial charge in [-0.15, -0.1) is 0 Å². The number of nitrogens with one attached hydrogen (secondary N) is 1. The molecule has 0 aromatic heterocycles. The van der Waals surface area contributed by atoms with E-state index in [1.807, 2.05) is 0 Å². The number of rotatable bonds is 7. The fourth-order valence-electron chi connectivity index (χ4n) is 0.560. The Balaban J connectivity index is 0. The van der Waals surface area contributed by atoms with Gasteiger partial charge in [-0.05, 0) is 0 Å². The van der Waals surface area contributed by atoms with Gasteiger partial charge in [0.2, 0.25) is 0 Å². The van der Waals surface area contributed by atoms with Crippen LogP contribution in [0.15, 0.2) is 0 Å². The van der Waals surface area contributed by atoms with Crippen LogP contribution in [-0.4, -0.2) is 50.5 Å². The summed E-state index contributed by atoms with van der Waals surface area (Å²) >= 11 is 0. The van der Waals surface area contributed by atoms with Crippen molar-refractivity contribution in [2.24, 2.45) is 5.73 Å². The molecule has 0 aliphatic carbocycles. The molecular formula is C5H13KN2O5S. The molecule has 0 rings (SSSR count). The summed E-state index contributed by atoms with van der Waals surface area (Å²) in [6.45, 7) is 0.192. The Morgan fingerprint density at radius 3 is 2.57 bits per heavy atom. The van der Waals surface area contributed by atoms with Crippen molar-refractivity contribution >= 4 is 10.3 Å². The molecule has 1 atom stereocenters. The van der Waals surface area contributed by atoms with Gasteiger partial charge in [-0.25, -0.2) is 13.1 Å². The van der Waals surface area contributed by atoms with Gasteiger partial charge in [-0.1, -0.05) is 0 Å². The van der Waals surface area contributed by atoms with E-state index in [0.29, 0.717) is 6.54 Å². The van der Waals surface area contributed by atoms with Crippen LogP contribution in [0.3, 0.4) is 0 Å². The van der Waals surface area contributed by atoms with E-state index < -0.39 is 16.4 Å². The van der Waals surface area contributed by atoms with Crippen molar-refractivity contribution in [1.82, 2.24) is 4.72 Å². The normalized spacial score (nSPS) is 13.4. The second kappa shape index (κ2) is 9.60. The molecule has 0 saturated heterocycles. The first-order valence-electron chi connectivity index (χ1n) is 3.62. The smallest absolute Gasteiger partial charge is 0.735 e. The molecule has 0 aliphatic heterocycles. The second-order valence-electron chi connectivity index (χ2n) is 2.32. The minimum atomic E-state index is -4.49. The average molecular weight is 252 g/mol. The van der Waals surface area contributed by atoms with E-state index in [9.17, 15) is 13.0 Å². The predicted octanol–water partition coefficient (Wildman–Crippen LogP) is -5.62. The first kappa shape index (κ1) is 17.8. The van der Waals surface area contributed by atoms with Gasteiger partial charge >= 0.3 is 51.4 Å². The molecule has 0 bridgehead atoms. The second-order valence-corrected chi connectivity index (χ2v) is 3.52. The number of aliphatic hydroxyl groups excluding tert-OH is 1. The molecule has 9 heteroatoms. The third kappa shape index (κ3) is 13.4. The van der Waals surface area contributed by atoms with Crippen molar-refractivity contribution in [3.63, 3.8) is 0 Å². The molecule has 0 saturated carbocycles. The molecule has 0 aromatic rings. The molecule has 4 N–H and O–H groups in total. The van der Waals surface area contributed by atoms with E-state index in [4.69, 9.17) is 15.6 Å². The Morgan fingerprint density at radius 1 is 1.57 bits per heavy atom. The van der Waals surface area contributed by atoms with Gasteiger partial charge in [0.25, 0.3) is 0 Å². The largest absolute Gasteiger partial charge is 1.00 e. The number of hydrogen-bond donors (Lipinski definition) is 3. The monoisotopic (exact) mass is 252 g/mol.